The first-order valence-corrected chi connectivity index (χ1v) is 8.90. The number of amides is 2. The van der Waals surface area contributed by atoms with Crippen LogP contribution in [0.25, 0.3) is 22.0 Å². The number of morpholine rings is 1. The molecule has 2 amide bonds. The van der Waals surface area contributed by atoms with Crippen LogP contribution in [0.4, 0.5) is 4.39 Å². The van der Waals surface area contributed by atoms with Gasteiger partial charge in [-0.15, -0.1) is 0 Å². The van der Waals surface area contributed by atoms with Gasteiger partial charge >= 0.3 is 0 Å². The van der Waals surface area contributed by atoms with Gasteiger partial charge in [-0.2, -0.15) is 0 Å². The van der Waals surface area contributed by atoms with Gasteiger partial charge in [-0.3, -0.25) is 9.59 Å². The topological polar surface area (TPSA) is 85.5 Å². The Morgan fingerprint density at radius 3 is 2.43 bits per heavy atom. The fraction of sp³-hybridized carbons (Fsp3) is 0.190. The Morgan fingerprint density at radius 2 is 1.75 bits per heavy atom. The second kappa shape index (κ2) is 7.36. The maximum absolute atomic E-state index is 13.3. The highest BCUT2D eigenvalue weighted by Gasteiger charge is 2.20. The number of primary amides is 1. The Hall–Kier alpha value is -3.32. The van der Waals surface area contributed by atoms with E-state index in [9.17, 15) is 14.0 Å². The van der Waals surface area contributed by atoms with Crippen LogP contribution in [-0.4, -0.2) is 48.0 Å². The molecule has 0 aliphatic carbocycles. The van der Waals surface area contributed by atoms with Crippen molar-refractivity contribution in [2.75, 3.05) is 26.3 Å². The third kappa shape index (κ3) is 3.44. The number of fused-ring (bicyclic) bond motifs is 1. The van der Waals surface area contributed by atoms with Crippen molar-refractivity contribution in [1.29, 1.82) is 0 Å². The highest BCUT2D eigenvalue weighted by molar-refractivity contribution is 6.04. The summed E-state index contributed by atoms with van der Waals surface area (Å²) in [5.74, 6) is -1.13. The van der Waals surface area contributed by atoms with Gasteiger partial charge < -0.3 is 15.4 Å². The minimum Gasteiger partial charge on any atom is -0.378 e. The zero-order chi connectivity index (χ0) is 19.7. The summed E-state index contributed by atoms with van der Waals surface area (Å²) in [6.07, 6.45) is 0. The van der Waals surface area contributed by atoms with Crippen LogP contribution in [-0.2, 0) is 4.74 Å². The molecule has 2 N–H and O–H groups in total. The molecule has 1 fully saturated rings. The molecule has 4 rings (SSSR count). The predicted octanol–water partition coefficient (Wildman–Crippen LogP) is 2.61. The highest BCUT2D eigenvalue weighted by atomic mass is 19.1. The first-order chi connectivity index (χ1) is 13.5. The van der Waals surface area contributed by atoms with Crippen molar-refractivity contribution in [1.82, 2.24) is 9.88 Å². The van der Waals surface area contributed by atoms with Gasteiger partial charge in [0.25, 0.3) is 11.8 Å². The van der Waals surface area contributed by atoms with Crippen LogP contribution in [0.2, 0.25) is 0 Å². The number of benzene rings is 2. The van der Waals surface area contributed by atoms with Crippen LogP contribution < -0.4 is 5.73 Å². The Bertz CT molecular complexity index is 1060. The number of hydrogen-bond donors (Lipinski definition) is 1. The number of carbonyl (C=O) groups excluding carboxylic acids is 2. The monoisotopic (exact) mass is 379 g/mol. The lowest BCUT2D eigenvalue weighted by Crippen LogP contribution is -2.40. The van der Waals surface area contributed by atoms with E-state index in [1.165, 1.54) is 12.1 Å². The third-order valence-electron chi connectivity index (χ3n) is 4.76. The summed E-state index contributed by atoms with van der Waals surface area (Å²) in [6.45, 7) is 2.09. The van der Waals surface area contributed by atoms with Crippen LogP contribution in [0.15, 0.2) is 48.5 Å². The standard InChI is InChI=1S/C21H18FN3O3/c22-15-4-1-13(2-5-15)17-12-19(20(23)26)24-18-11-14(3-6-16(17)18)21(27)25-7-9-28-10-8-25/h1-6,11-12H,7-10H2,(H2,23,26). The summed E-state index contributed by atoms with van der Waals surface area (Å²) < 4.78 is 18.6. The lowest BCUT2D eigenvalue weighted by Gasteiger charge is -2.27. The molecule has 0 atom stereocenters. The van der Waals surface area contributed by atoms with Gasteiger partial charge in [0.05, 0.1) is 18.7 Å². The Labute approximate surface area is 160 Å². The second-order valence-corrected chi connectivity index (χ2v) is 6.56. The number of pyridine rings is 1. The average Bonchev–Trinajstić information content (AvgIpc) is 2.73. The van der Waals surface area contributed by atoms with Crippen LogP contribution in [0, 0.1) is 5.82 Å². The van der Waals surface area contributed by atoms with E-state index in [-0.39, 0.29) is 17.4 Å². The van der Waals surface area contributed by atoms with Crippen LogP contribution in [0.5, 0.6) is 0 Å². The minimum absolute atomic E-state index is 0.0859. The zero-order valence-corrected chi connectivity index (χ0v) is 15.0. The van der Waals surface area contributed by atoms with Gasteiger partial charge in [-0.1, -0.05) is 18.2 Å². The molecule has 0 spiro atoms. The van der Waals surface area contributed by atoms with Gasteiger partial charge in [0.15, 0.2) is 0 Å². The van der Waals surface area contributed by atoms with Gasteiger partial charge in [0.2, 0.25) is 0 Å². The summed E-state index contributed by atoms with van der Waals surface area (Å²) in [5.41, 5.74) is 7.91. The van der Waals surface area contributed by atoms with Crippen molar-refractivity contribution in [3.63, 3.8) is 0 Å². The van der Waals surface area contributed by atoms with Gasteiger partial charge in [-0.25, -0.2) is 9.37 Å². The van der Waals surface area contributed by atoms with Crippen molar-refractivity contribution >= 4 is 22.7 Å². The number of hydrogen-bond acceptors (Lipinski definition) is 4. The molecule has 0 bridgehead atoms. The van der Waals surface area contributed by atoms with Gasteiger partial charge in [-0.05, 0) is 41.5 Å². The van der Waals surface area contributed by atoms with Gasteiger partial charge in [0.1, 0.15) is 11.5 Å². The fourth-order valence-electron chi connectivity index (χ4n) is 3.30. The smallest absolute Gasteiger partial charge is 0.267 e. The van der Waals surface area contributed by atoms with E-state index < -0.39 is 5.91 Å². The van der Waals surface area contributed by atoms with E-state index in [2.05, 4.69) is 4.98 Å². The van der Waals surface area contributed by atoms with Crippen molar-refractivity contribution in [2.24, 2.45) is 5.73 Å². The average molecular weight is 379 g/mol. The normalized spacial score (nSPS) is 14.2. The fourth-order valence-corrected chi connectivity index (χ4v) is 3.30. The number of ether oxygens (including phenoxy) is 1. The summed E-state index contributed by atoms with van der Waals surface area (Å²) in [6, 6.07) is 12.7. The first-order valence-electron chi connectivity index (χ1n) is 8.90. The van der Waals surface area contributed by atoms with E-state index in [1.54, 1.807) is 41.3 Å². The molecule has 2 aromatic carbocycles. The molecule has 2 heterocycles. The lowest BCUT2D eigenvalue weighted by molar-refractivity contribution is 0.0303. The van der Waals surface area contributed by atoms with E-state index >= 15 is 0 Å². The molecule has 142 valence electrons. The molecule has 0 unspecified atom stereocenters. The first kappa shape index (κ1) is 18.1. The largest absolute Gasteiger partial charge is 0.378 e. The summed E-state index contributed by atoms with van der Waals surface area (Å²) in [4.78, 5) is 30.6. The molecule has 7 heteroatoms. The molecule has 3 aromatic rings. The molecule has 6 nitrogen and oxygen atoms in total. The molecule has 1 aliphatic heterocycles. The molecule has 0 radical (unpaired) electrons. The number of carbonyl (C=O) groups is 2. The van der Waals surface area contributed by atoms with E-state index in [0.717, 1.165) is 10.9 Å². The van der Waals surface area contributed by atoms with Crippen molar-refractivity contribution in [3.05, 3.63) is 65.6 Å². The summed E-state index contributed by atoms with van der Waals surface area (Å²) in [5, 5.41) is 0.745. The number of nitrogens with zero attached hydrogens (tertiary/aromatic N) is 2. The molecule has 0 saturated carbocycles. The van der Waals surface area contributed by atoms with Crippen molar-refractivity contribution < 1.29 is 18.7 Å². The SMILES string of the molecule is NC(=O)c1cc(-c2ccc(F)cc2)c2ccc(C(=O)N3CCOCC3)cc2n1. The highest BCUT2D eigenvalue weighted by Crippen LogP contribution is 2.30. The van der Waals surface area contributed by atoms with E-state index in [0.29, 0.717) is 42.9 Å². The number of rotatable bonds is 3. The summed E-state index contributed by atoms with van der Waals surface area (Å²) in [7, 11) is 0. The molecule has 1 saturated heterocycles. The van der Waals surface area contributed by atoms with Crippen LogP contribution >= 0.6 is 0 Å². The Morgan fingerprint density at radius 1 is 1.04 bits per heavy atom. The van der Waals surface area contributed by atoms with Gasteiger partial charge in [0, 0.05) is 24.0 Å². The Balaban J connectivity index is 1.82. The number of aromatic nitrogens is 1. The maximum Gasteiger partial charge on any atom is 0.267 e. The summed E-state index contributed by atoms with van der Waals surface area (Å²) >= 11 is 0. The third-order valence-corrected chi connectivity index (χ3v) is 4.76. The quantitative estimate of drug-likeness (QED) is 0.758. The molecule has 1 aromatic heterocycles. The van der Waals surface area contributed by atoms with Crippen molar-refractivity contribution in [2.45, 2.75) is 0 Å². The Kier molecular flexibility index (Phi) is 4.75. The minimum atomic E-state index is -0.671. The van der Waals surface area contributed by atoms with Crippen LogP contribution in [0.3, 0.4) is 0 Å². The van der Waals surface area contributed by atoms with E-state index in [1.807, 2.05) is 0 Å². The second-order valence-electron chi connectivity index (χ2n) is 6.56. The number of nitrogens with two attached hydrogens (primary N) is 1. The molecular weight excluding hydrogens is 361 g/mol. The lowest BCUT2D eigenvalue weighted by atomic mass is 9.98. The van der Waals surface area contributed by atoms with Crippen LogP contribution in [0.1, 0.15) is 20.8 Å². The number of halogens is 1. The van der Waals surface area contributed by atoms with Crippen molar-refractivity contribution in [3.8, 4) is 11.1 Å². The molecule has 1 aliphatic rings. The zero-order valence-electron chi connectivity index (χ0n) is 15.0. The van der Waals surface area contributed by atoms with E-state index in [4.69, 9.17) is 10.5 Å². The predicted molar refractivity (Wildman–Crippen MR) is 102 cm³/mol. The maximum atomic E-state index is 13.3. The molecule has 28 heavy (non-hydrogen) atoms. The molecular formula is C21H18FN3O3.